The predicted octanol–water partition coefficient (Wildman–Crippen LogP) is 3.34. The number of benzene rings is 1. The van der Waals surface area contributed by atoms with Gasteiger partial charge in [-0.1, -0.05) is 43.0 Å². The van der Waals surface area contributed by atoms with Gasteiger partial charge >= 0.3 is 0 Å². The van der Waals surface area contributed by atoms with Gasteiger partial charge in [0, 0.05) is 11.6 Å². The Hall–Kier alpha value is -0.580. The third-order valence-electron chi connectivity index (χ3n) is 3.59. The molecule has 0 spiro atoms. The van der Waals surface area contributed by atoms with Gasteiger partial charge in [0.15, 0.2) is 0 Å². The molecule has 0 bridgehead atoms. The molecule has 19 heavy (non-hydrogen) atoms. The molecule has 106 valence electrons. The van der Waals surface area contributed by atoms with Crippen LogP contribution in [0.15, 0.2) is 24.3 Å². The highest BCUT2D eigenvalue weighted by atomic mass is 35.5. The number of rotatable bonds is 5. The van der Waals surface area contributed by atoms with E-state index >= 15 is 0 Å². The molecule has 2 rings (SSSR count). The van der Waals surface area contributed by atoms with Crippen LogP contribution in [0, 0.1) is 5.92 Å². The molecule has 1 aromatic rings. The van der Waals surface area contributed by atoms with Crippen molar-refractivity contribution in [1.29, 1.82) is 0 Å². The lowest BCUT2D eigenvalue weighted by atomic mass is 9.90. The van der Waals surface area contributed by atoms with E-state index in [1.165, 1.54) is 19.3 Å². The van der Waals surface area contributed by atoms with Crippen molar-refractivity contribution in [2.75, 3.05) is 6.54 Å². The van der Waals surface area contributed by atoms with E-state index in [2.05, 4.69) is 4.72 Å². The van der Waals surface area contributed by atoms with Gasteiger partial charge in [0.25, 0.3) is 0 Å². The Balaban J connectivity index is 1.85. The summed E-state index contributed by atoms with van der Waals surface area (Å²) in [6, 6.07) is 6.94. The minimum Gasteiger partial charge on any atom is -0.215 e. The lowest BCUT2D eigenvalue weighted by molar-refractivity contribution is 0.357. The van der Waals surface area contributed by atoms with Gasteiger partial charge in [-0.05, 0) is 36.5 Å². The Morgan fingerprint density at radius 2 is 1.74 bits per heavy atom. The quantitative estimate of drug-likeness (QED) is 0.906. The second-order valence-electron chi connectivity index (χ2n) is 5.24. The number of sulfonamides is 1. The maximum Gasteiger partial charge on any atom is 0.215 e. The van der Waals surface area contributed by atoms with Crippen molar-refractivity contribution in [1.82, 2.24) is 4.72 Å². The van der Waals surface area contributed by atoms with Crippen molar-refractivity contribution >= 4 is 21.6 Å². The molecule has 0 radical (unpaired) electrons. The average Bonchev–Trinajstić information content (AvgIpc) is 2.40. The molecule has 1 N–H and O–H groups in total. The van der Waals surface area contributed by atoms with E-state index < -0.39 is 10.0 Å². The average molecular weight is 302 g/mol. The maximum absolute atomic E-state index is 12.0. The zero-order chi connectivity index (χ0) is 13.7. The molecule has 3 nitrogen and oxygen atoms in total. The van der Waals surface area contributed by atoms with Crippen LogP contribution in [0.1, 0.15) is 37.7 Å². The topological polar surface area (TPSA) is 46.2 Å². The van der Waals surface area contributed by atoms with Gasteiger partial charge in [-0.2, -0.15) is 0 Å². The molecule has 1 fully saturated rings. The molecular weight excluding hydrogens is 282 g/mol. The first kappa shape index (κ1) is 14.8. The Morgan fingerprint density at radius 1 is 1.11 bits per heavy atom. The largest absolute Gasteiger partial charge is 0.215 e. The number of hydrogen-bond acceptors (Lipinski definition) is 2. The van der Waals surface area contributed by atoms with Crippen LogP contribution in [0.25, 0.3) is 0 Å². The predicted molar refractivity (Wildman–Crippen MR) is 78.7 cm³/mol. The molecular formula is C14H20ClNO2S. The van der Waals surface area contributed by atoms with Crippen LogP contribution in [-0.4, -0.2) is 15.0 Å². The standard InChI is InChI=1S/C14H20ClNO2S/c15-14-8-6-13(7-9-14)11-19(17,18)16-10-12-4-2-1-3-5-12/h6-9,12,16H,1-5,10-11H2. The van der Waals surface area contributed by atoms with Crippen molar-refractivity contribution < 1.29 is 8.42 Å². The van der Waals surface area contributed by atoms with Gasteiger partial charge in [0.2, 0.25) is 10.0 Å². The summed E-state index contributed by atoms with van der Waals surface area (Å²) in [5.41, 5.74) is 0.764. The van der Waals surface area contributed by atoms with Gasteiger partial charge in [-0.25, -0.2) is 13.1 Å². The van der Waals surface area contributed by atoms with Crippen LogP contribution in [0.2, 0.25) is 5.02 Å². The summed E-state index contributed by atoms with van der Waals surface area (Å²) in [6.45, 7) is 0.579. The Morgan fingerprint density at radius 3 is 2.37 bits per heavy atom. The van der Waals surface area contributed by atoms with E-state index in [9.17, 15) is 8.42 Å². The van der Waals surface area contributed by atoms with Crippen molar-refractivity contribution in [3.8, 4) is 0 Å². The summed E-state index contributed by atoms with van der Waals surface area (Å²) >= 11 is 5.78. The number of halogens is 1. The molecule has 0 aromatic heterocycles. The molecule has 0 aliphatic heterocycles. The SMILES string of the molecule is O=S(=O)(Cc1ccc(Cl)cc1)NCC1CCCCC1. The Kier molecular flexibility index (Phi) is 5.25. The van der Waals surface area contributed by atoms with E-state index in [-0.39, 0.29) is 5.75 Å². The van der Waals surface area contributed by atoms with Crippen LogP contribution < -0.4 is 4.72 Å². The van der Waals surface area contributed by atoms with Gasteiger partial charge in [0.05, 0.1) is 5.75 Å². The minimum absolute atomic E-state index is 0.0247. The fourth-order valence-electron chi connectivity index (χ4n) is 2.49. The first-order valence-electron chi connectivity index (χ1n) is 6.77. The molecule has 0 saturated heterocycles. The molecule has 0 amide bonds. The lowest BCUT2D eigenvalue weighted by Gasteiger charge is -2.21. The maximum atomic E-state index is 12.0. The van der Waals surface area contributed by atoms with Crippen molar-refractivity contribution in [2.45, 2.75) is 37.9 Å². The van der Waals surface area contributed by atoms with Crippen molar-refractivity contribution in [3.05, 3.63) is 34.9 Å². The van der Waals surface area contributed by atoms with E-state index in [4.69, 9.17) is 11.6 Å². The van der Waals surface area contributed by atoms with Crippen LogP contribution >= 0.6 is 11.6 Å². The van der Waals surface area contributed by atoms with Gasteiger partial charge in [-0.3, -0.25) is 0 Å². The van der Waals surface area contributed by atoms with Crippen molar-refractivity contribution in [3.63, 3.8) is 0 Å². The summed E-state index contributed by atoms with van der Waals surface area (Å²) < 4.78 is 26.7. The van der Waals surface area contributed by atoms with E-state index in [1.807, 2.05) is 0 Å². The van der Waals surface area contributed by atoms with Gasteiger partial charge in [-0.15, -0.1) is 0 Å². The fraction of sp³-hybridized carbons (Fsp3) is 0.571. The van der Waals surface area contributed by atoms with E-state index in [0.29, 0.717) is 17.5 Å². The fourth-order valence-corrected chi connectivity index (χ4v) is 3.84. The highest BCUT2D eigenvalue weighted by molar-refractivity contribution is 7.88. The molecule has 5 heteroatoms. The van der Waals surface area contributed by atoms with Gasteiger partial charge < -0.3 is 0 Å². The third kappa shape index (κ3) is 5.13. The zero-order valence-corrected chi connectivity index (χ0v) is 12.5. The monoisotopic (exact) mass is 301 g/mol. The summed E-state index contributed by atoms with van der Waals surface area (Å²) in [5, 5.41) is 0.622. The highest BCUT2D eigenvalue weighted by Crippen LogP contribution is 2.23. The van der Waals surface area contributed by atoms with Crippen LogP contribution in [0.5, 0.6) is 0 Å². The minimum atomic E-state index is -3.24. The number of hydrogen-bond donors (Lipinski definition) is 1. The second kappa shape index (κ2) is 6.73. The Bertz CT molecular complexity index is 493. The zero-order valence-electron chi connectivity index (χ0n) is 10.9. The number of nitrogens with one attached hydrogen (secondary N) is 1. The molecule has 0 unspecified atom stereocenters. The first-order chi connectivity index (χ1) is 9.05. The van der Waals surface area contributed by atoms with E-state index in [0.717, 1.165) is 18.4 Å². The lowest BCUT2D eigenvalue weighted by Crippen LogP contribution is -2.31. The van der Waals surface area contributed by atoms with Crippen LogP contribution in [0.3, 0.4) is 0 Å². The van der Waals surface area contributed by atoms with Crippen molar-refractivity contribution in [2.24, 2.45) is 5.92 Å². The molecule has 1 saturated carbocycles. The summed E-state index contributed by atoms with van der Waals surface area (Å²) in [7, 11) is -3.24. The first-order valence-corrected chi connectivity index (χ1v) is 8.80. The smallest absolute Gasteiger partial charge is 0.215 e. The third-order valence-corrected chi connectivity index (χ3v) is 5.16. The summed E-state index contributed by atoms with van der Waals surface area (Å²) in [5.74, 6) is 0.533. The summed E-state index contributed by atoms with van der Waals surface area (Å²) in [4.78, 5) is 0. The molecule has 0 heterocycles. The molecule has 0 atom stereocenters. The van der Waals surface area contributed by atoms with Crippen LogP contribution in [0.4, 0.5) is 0 Å². The molecule has 1 aliphatic carbocycles. The molecule has 1 aromatic carbocycles. The second-order valence-corrected chi connectivity index (χ2v) is 7.48. The Labute approximate surface area is 120 Å². The van der Waals surface area contributed by atoms with Crippen LogP contribution in [-0.2, 0) is 15.8 Å². The van der Waals surface area contributed by atoms with Gasteiger partial charge in [0.1, 0.15) is 0 Å². The van der Waals surface area contributed by atoms with E-state index in [1.54, 1.807) is 24.3 Å². The summed E-state index contributed by atoms with van der Waals surface area (Å²) in [6.07, 6.45) is 6.02. The highest BCUT2D eigenvalue weighted by Gasteiger charge is 2.17. The normalized spacial score (nSPS) is 17.5. The molecule has 1 aliphatic rings.